The zero-order valence-corrected chi connectivity index (χ0v) is 15.2. The van der Waals surface area contributed by atoms with E-state index in [0.29, 0.717) is 17.6 Å². The van der Waals surface area contributed by atoms with Gasteiger partial charge in [-0.3, -0.25) is 0 Å². The first kappa shape index (κ1) is 19.5. The van der Waals surface area contributed by atoms with Crippen LogP contribution in [0.3, 0.4) is 0 Å². The van der Waals surface area contributed by atoms with Gasteiger partial charge < -0.3 is 8.83 Å². The number of nitrogens with zero attached hydrogens (tertiary/aromatic N) is 1. The van der Waals surface area contributed by atoms with Crippen LogP contribution in [-0.2, 0) is 29.3 Å². The van der Waals surface area contributed by atoms with E-state index in [4.69, 9.17) is 20.4 Å². The Morgan fingerprint density at radius 1 is 0.963 bits per heavy atom. The molecule has 0 fully saturated rings. The monoisotopic (exact) mass is 419 g/mol. The van der Waals surface area contributed by atoms with Crippen molar-refractivity contribution in [3.63, 3.8) is 0 Å². The van der Waals surface area contributed by atoms with Gasteiger partial charge in [-0.15, -0.1) is 0 Å². The van der Waals surface area contributed by atoms with Gasteiger partial charge >= 0.3 is 6.18 Å². The van der Waals surface area contributed by atoms with E-state index in [-0.39, 0.29) is 18.1 Å². The van der Waals surface area contributed by atoms with E-state index in [2.05, 4.69) is 0 Å². The highest BCUT2D eigenvalue weighted by atomic mass is 35.5. The lowest BCUT2D eigenvalue weighted by Crippen LogP contribution is -2.30. The fourth-order valence-corrected chi connectivity index (χ4v) is 4.27. The largest absolute Gasteiger partial charge is 0.468 e. The van der Waals surface area contributed by atoms with Crippen LogP contribution in [0, 0.1) is 0 Å². The third kappa shape index (κ3) is 4.37. The van der Waals surface area contributed by atoms with Crippen molar-refractivity contribution >= 4 is 21.6 Å². The van der Waals surface area contributed by atoms with Gasteiger partial charge in [0.2, 0.25) is 10.0 Å². The molecular formula is C17H13ClF3NO4S. The normalized spacial score (nSPS) is 12.6. The maximum Gasteiger partial charge on any atom is 0.416 e. The smallest absolute Gasteiger partial charge is 0.416 e. The van der Waals surface area contributed by atoms with Crippen molar-refractivity contribution in [2.75, 3.05) is 0 Å². The van der Waals surface area contributed by atoms with Crippen molar-refractivity contribution < 1.29 is 30.4 Å². The minimum atomic E-state index is -4.71. The zero-order chi connectivity index (χ0) is 19.7. The van der Waals surface area contributed by atoms with Crippen molar-refractivity contribution in [2.45, 2.75) is 24.2 Å². The molecule has 0 unspecified atom stereocenters. The van der Waals surface area contributed by atoms with Crippen LogP contribution in [0.4, 0.5) is 13.2 Å². The van der Waals surface area contributed by atoms with E-state index in [1.807, 2.05) is 0 Å². The Bertz CT molecular complexity index is 963. The Morgan fingerprint density at radius 2 is 1.52 bits per heavy atom. The summed E-state index contributed by atoms with van der Waals surface area (Å²) >= 11 is 5.92. The molecule has 0 N–H and O–H groups in total. The molecule has 3 rings (SSSR count). The van der Waals surface area contributed by atoms with Gasteiger partial charge in [-0.1, -0.05) is 11.6 Å². The minimum absolute atomic E-state index is 0.206. The highest BCUT2D eigenvalue weighted by molar-refractivity contribution is 7.89. The second kappa shape index (κ2) is 7.41. The molecule has 0 aliphatic carbocycles. The van der Waals surface area contributed by atoms with Crippen LogP contribution in [0.1, 0.15) is 17.1 Å². The molecule has 2 heterocycles. The van der Waals surface area contributed by atoms with Gasteiger partial charge in [0.1, 0.15) is 16.4 Å². The van der Waals surface area contributed by atoms with Crippen molar-refractivity contribution in [3.05, 3.63) is 77.1 Å². The molecule has 0 amide bonds. The van der Waals surface area contributed by atoms with Crippen LogP contribution in [0.25, 0.3) is 0 Å². The van der Waals surface area contributed by atoms with Crippen molar-refractivity contribution in [1.82, 2.24) is 4.31 Å². The van der Waals surface area contributed by atoms with Crippen LogP contribution >= 0.6 is 11.6 Å². The second-order valence-corrected chi connectivity index (χ2v) is 7.89. The van der Waals surface area contributed by atoms with Gasteiger partial charge in [0, 0.05) is 0 Å². The summed E-state index contributed by atoms with van der Waals surface area (Å²) in [5.74, 6) is 0.626. The number of hydrogen-bond donors (Lipinski definition) is 0. The summed E-state index contributed by atoms with van der Waals surface area (Å²) in [5.41, 5.74) is -1.11. The van der Waals surface area contributed by atoms with Gasteiger partial charge in [0.25, 0.3) is 0 Å². The van der Waals surface area contributed by atoms with Crippen LogP contribution < -0.4 is 0 Å². The molecule has 0 aliphatic heterocycles. The lowest BCUT2D eigenvalue weighted by molar-refractivity contribution is -0.137. The lowest BCUT2D eigenvalue weighted by atomic mass is 10.2. The molecule has 0 saturated heterocycles. The number of hydrogen-bond acceptors (Lipinski definition) is 4. The third-order valence-electron chi connectivity index (χ3n) is 3.70. The van der Waals surface area contributed by atoms with E-state index >= 15 is 0 Å². The molecule has 144 valence electrons. The first-order valence-electron chi connectivity index (χ1n) is 7.59. The number of alkyl halides is 3. The molecule has 0 saturated carbocycles. The number of furan rings is 2. The number of sulfonamides is 1. The molecule has 3 aromatic rings. The molecule has 0 radical (unpaired) electrons. The van der Waals surface area contributed by atoms with Gasteiger partial charge in [-0.2, -0.15) is 17.5 Å². The highest BCUT2D eigenvalue weighted by Crippen LogP contribution is 2.35. The summed E-state index contributed by atoms with van der Waals surface area (Å²) in [6.45, 7) is -0.411. The summed E-state index contributed by atoms with van der Waals surface area (Å²) in [6.07, 6.45) is -1.98. The third-order valence-corrected chi connectivity index (χ3v) is 5.97. The first-order chi connectivity index (χ1) is 12.7. The van der Waals surface area contributed by atoms with Crippen LogP contribution in [0.15, 0.2) is 68.7 Å². The Morgan fingerprint density at radius 3 is 1.96 bits per heavy atom. The fourth-order valence-electron chi connectivity index (χ4n) is 2.40. The molecule has 0 spiro atoms. The standard InChI is InChI=1S/C17H13ClF3NO4S/c18-15-6-5-12(17(19,20)21)9-16(15)27(23,24)22(10-13-3-1-7-25-13)11-14-4-2-8-26-14/h1-9H,10-11H2. The average Bonchev–Trinajstić information content (AvgIpc) is 3.27. The van der Waals surface area contributed by atoms with E-state index in [9.17, 15) is 21.6 Å². The summed E-state index contributed by atoms with van der Waals surface area (Å²) in [6, 6.07) is 8.42. The molecule has 5 nitrogen and oxygen atoms in total. The van der Waals surface area contributed by atoms with Crippen LogP contribution in [0.5, 0.6) is 0 Å². The van der Waals surface area contributed by atoms with Gasteiger partial charge in [0.15, 0.2) is 0 Å². The van der Waals surface area contributed by atoms with Crippen LogP contribution in [-0.4, -0.2) is 12.7 Å². The number of rotatable bonds is 6. The molecule has 2 aromatic heterocycles. The lowest BCUT2D eigenvalue weighted by Gasteiger charge is -2.21. The first-order valence-corrected chi connectivity index (χ1v) is 9.41. The Labute approximate surface area is 158 Å². The fraction of sp³-hybridized carbons (Fsp3) is 0.176. The Balaban J connectivity index is 2.04. The molecule has 27 heavy (non-hydrogen) atoms. The van der Waals surface area contributed by atoms with Crippen molar-refractivity contribution in [1.29, 1.82) is 0 Å². The molecule has 1 aromatic carbocycles. The second-order valence-electron chi connectivity index (χ2n) is 5.57. The number of halogens is 4. The number of benzene rings is 1. The Kier molecular flexibility index (Phi) is 5.36. The molecule has 0 bridgehead atoms. The molecule has 0 aliphatic rings. The van der Waals surface area contributed by atoms with Gasteiger partial charge in [-0.25, -0.2) is 8.42 Å². The van der Waals surface area contributed by atoms with E-state index in [0.717, 1.165) is 16.4 Å². The molecule has 0 atom stereocenters. The molecular weight excluding hydrogens is 407 g/mol. The topological polar surface area (TPSA) is 63.7 Å². The maximum absolute atomic E-state index is 13.1. The van der Waals surface area contributed by atoms with Gasteiger partial charge in [0.05, 0.1) is 36.2 Å². The average molecular weight is 420 g/mol. The van der Waals surface area contributed by atoms with Crippen LogP contribution in [0.2, 0.25) is 5.02 Å². The van der Waals surface area contributed by atoms with Gasteiger partial charge in [-0.05, 0) is 42.5 Å². The highest BCUT2D eigenvalue weighted by Gasteiger charge is 2.35. The summed E-state index contributed by atoms with van der Waals surface area (Å²) < 4.78 is 76.5. The minimum Gasteiger partial charge on any atom is -0.468 e. The predicted molar refractivity (Wildman–Crippen MR) is 90.3 cm³/mol. The van der Waals surface area contributed by atoms with E-state index < -0.39 is 26.7 Å². The maximum atomic E-state index is 13.1. The summed E-state index contributed by atoms with van der Waals surface area (Å²) in [5, 5.41) is -0.313. The Hall–Kier alpha value is -2.23. The van der Waals surface area contributed by atoms with E-state index in [1.165, 1.54) is 12.5 Å². The summed E-state index contributed by atoms with van der Waals surface area (Å²) in [4.78, 5) is -0.642. The van der Waals surface area contributed by atoms with Crippen molar-refractivity contribution in [2.24, 2.45) is 0 Å². The zero-order valence-electron chi connectivity index (χ0n) is 13.6. The SMILES string of the molecule is O=S(=O)(c1cc(C(F)(F)F)ccc1Cl)N(Cc1ccco1)Cc1ccco1. The van der Waals surface area contributed by atoms with E-state index in [1.54, 1.807) is 24.3 Å². The summed E-state index contributed by atoms with van der Waals surface area (Å²) in [7, 11) is -4.39. The predicted octanol–water partition coefficient (Wildman–Crippen LogP) is 4.94. The molecule has 10 heteroatoms. The quantitative estimate of drug-likeness (QED) is 0.568. The van der Waals surface area contributed by atoms with Crippen molar-refractivity contribution in [3.8, 4) is 0 Å².